The van der Waals surface area contributed by atoms with Crippen molar-refractivity contribution < 1.29 is 9.18 Å². The molecule has 1 heterocycles. The SMILES string of the molecule is O=C1c2ccccc2C(c2ccc(Cl)cc2)N1Cc1ccc(F)cc1. The molecule has 1 aliphatic rings. The van der Waals surface area contributed by atoms with Gasteiger partial charge in [0.15, 0.2) is 0 Å². The lowest BCUT2D eigenvalue weighted by Gasteiger charge is -2.26. The number of carbonyl (C=O) groups excluding carboxylic acids is 1. The first-order valence-corrected chi connectivity index (χ1v) is 8.41. The molecule has 0 bridgehead atoms. The zero-order chi connectivity index (χ0) is 17.4. The summed E-state index contributed by atoms with van der Waals surface area (Å²) in [5.74, 6) is -0.297. The fourth-order valence-corrected chi connectivity index (χ4v) is 3.45. The first kappa shape index (κ1) is 15.9. The van der Waals surface area contributed by atoms with Crippen LogP contribution in [0.25, 0.3) is 0 Å². The van der Waals surface area contributed by atoms with Crippen LogP contribution in [-0.2, 0) is 6.54 Å². The maximum absolute atomic E-state index is 13.2. The average Bonchev–Trinajstić information content (AvgIpc) is 2.90. The maximum Gasteiger partial charge on any atom is 0.255 e. The van der Waals surface area contributed by atoms with Crippen molar-refractivity contribution in [2.45, 2.75) is 12.6 Å². The minimum atomic E-state index is -0.283. The zero-order valence-corrected chi connectivity index (χ0v) is 14.1. The van der Waals surface area contributed by atoms with Crippen molar-refractivity contribution in [3.63, 3.8) is 0 Å². The zero-order valence-electron chi connectivity index (χ0n) is 13.3. The van der Waals surface area contributed by atoms with E-state index in [4.69, 9.17) is 11.6 Å². The molecule has 3 aromatic rings. The molecule has 0 aliphatic carbocycles. The summed E-state index contributed by atoms with van der Waals surface area (Å²) in [7, 11) is 0. The van der Waals surface area contributed by atoms with Crippen LogP contribution in [0.2, 0.25) is 5.02 Å². The van der Waals surface area contributed by atoms with Gasteiger partial charge in [-0.3, -0.25) is 4.79 Å². The van der Waals surface area contributed by atoms with Gasteiger partial charge in [-0.2, -0.15) is 0 Å². The van der Waals surface area contributed by atoms with Crippen molar-refractivity contribution in [1.29, 1.82) is 0 Å². The highest BCUT2D eigenvalue weighted by Crippen LogP contribution is 2.39. The molecule has 1 atom stereocenters. The van der Waals surface area contributed by atoms with Gasteiger partial charge in [-0.05, 0) is 47.0 Å². The smallest absolute Gasteiger partial charge is 0.255 e. The van der Waals surface area contributed by atoms with Crippen LogP contribution in [0.15, 0.2) is 72.8 Å². The van der Waals surface area contributed by atoms with E-state index in [9.17, 15) is 9.18 Å². The monoisotopic (exact) mass is 351 g/mol. The van der Waals surface area contributed by atoms with Gasteiger partial charge < -0.3 is 4.90 Å². The summed E-state index contributed by atoms with van der Waals surface area (Å²) in [5, 5.41) is 0.659. The molecule has 1 aliphatic heterocycles. The highest BCUT2D eigenvalue weighted by Gasteiger charge is 2.37. The van der Waals surface area contributed by atoms with Gasteiger partial charge in [-0.25, -0.2) is 4.39 Å². The first-order valence-electron chi connectivity index (χ1n) is 8.03. The second-order valence-electron chi connectivity index (χ2n) is 6.10. The van der Waals surface area contributed by atoms with Gasteiger partial charge in [0.25, 0.3) is 5.91 Å². The molecule has 0 aromatic heterocycles. The summed E-state index contributed by atoms with van der Waals surface area (Å²) in [5.41, 5.74) is 3.59. The molecule has 25 heavy (non-hydrogen) atoms. The molecular formula is C21H15ClFNO. The van der Waals surface area contributed by atoms with Gasteiger partial charge in [-0.1, -0.05) is 54.1 Å². The van der Waals surface area contributed by atoms with E-state index in [-0.39, 0.29) is 17.8 Å². The molecule has 3 aromatic carbocycles. The van der Waals surface area contributed by atoms with Crippen LogP contribution in [0.1, 0.15) is 33.1 Å². The Bertz CT molecular complexity index is 921. The molecule has 0 fully saturated rings. The van der Waals surface area contributed by atoms with E-state index >= 15 is 0 Å². The number of halogens is 2. The van der Waals surface area contributed by atoms with Crippen LogP contribution in [0, 0.1) is 5.82 Å². The van der Waals surface area contributed by atoms with Crippen LogP contribution in [0.3, 0.4) is 0 Å². The first-order chi connectivity index (χ1) is 12.1. The van der Waals surface area contributed by atoms with Crippen molar-refractivity contribution in [2.24, 2.45) is 0 Å². The van der Waals surface area contributed by atoms with E-state index in [1.165, 1.54) is 12.1 Å². The standard InChI is InChI=1S/C21H15ClFNO/c22-16-9-7-15(8-10-16)20-18-3-1-2-4-19(18)21(25)24(20)13-14-5-11-17(23)12-6-14/h1-12,20H,13H2. The van der Waals surface area contributed by atoms with Gasteiger partial charge >= 0.3 is 0 Å². The summed E-state index contributed by atoms with van der Waals surface area (Å²) in [6, 6.07) is 21.3. The Balaban J connectivity index is 1.76. The Morgan fingerprint density at radius 1 is 0.920 bits per heavy atom. The third-order valence-electron chi connectivity index (χ3n) is 4.51. The predicted octanol–water partition coefficient (Wildman–Crippen LogP) is 5.22. The van der Waals surface area contributed by atoms with Gasteiger partial charge in [0.1, 0.15) is 5.82 Å². The van der Waals surface area contributed by atoms with E-state index in [1.807, 2.05) is 53.4 Å². The lowest BCUT2D eigenvalue weighted by atomic mass is 9.98. The van der Waals surface area contributed by atoms with Crippen molar-refractivity contribution in [2.75, 3.05) is 0 Å². The highest BCUT2D eigenvalue weighted by atomic mass is 35.5. The Morgan fingerprint density at radius 2 is 1.60 bits per heavy atom. The topological polar surface area (TPSA) is 20.3 Å². The second-order valence-corrected chi connectivity index (χ2v) is 6.54. The molecule has 4 heteroatoms. The van der Waals surface area contributed by atoms with Gasteiger partial charge in [-0.15, -0.1) is 0 Å². The molecule has 0 radical (unpaired) electrons. The lowest BCUT2D eigenvalue weighted by Crippen LogP contribution is -2.28. The van der Waals surface area contributed by atoms with Crippen LogP contribution in [0.5, 0.6) is 0 Å². The van der Waals surface area contributed by atoms with Gasteiger partial charge in [0.2, 0.25) is 0 Å². The van der Waals surface area contributed by atoms with Crippen molar-refractivity contribution >= 4 is 17.5 Å². The molecule has 124 valence electrons. The van der Waals surface area contributed by atoms with E-state index in [1.54, 1.807) is 12.1 Å². The quantitative estimate of drug-likeness (QED) is 0.633. The normalized spacial score (nSPS) is 16.2. The Morgan fingerprint density at radius 3 is 2.32 bits per heavy atom. The number of amides is 1. The molecule has 0 saturated carbocycles. The average molecular weight is 352 g/mol. The number of hydrogen-bond donors (Lipinski definition) is 0. The number of benzene rings is 3. The molecule has 2 nitrogen and oxygen atoms in total. The van der Waals surface area contributed by atoms with Crippen LogP contribution < -0.4 is 0 Å². The minimum absolute atomic E-state index is 0.0140. The summed E-state index contributed by atoms with van der Waals surface area (Å²) in [6.45, 7) is 0.418. The number of nitrogens with zero attached hydrogens (tertiary/aromatic N) is 1. The summed E-state index contributed by atoms with van der Waals surface area (Å²) < 4.78 is 13.2. The molecule has 0 N–H and O–H groups in total. The van der Waals surface area contributed by atoms with Crippen molar-refractivity contribution in [3.05, 3.63) is 106 Å². The van der Waals surface area contributed by atoms with Gasteiger partial charge in [0, 0.05) is 17.1 Å². The van der Waals surface area contributed by atoms with E-state index in [2.05, 4.69) is 0 Å². The second kappa shape index (κ2) is 6.34. The molecular weight excluding hydrogens is 337 g/mol. The number of fused-ring (bicyclic) bond motifs is 1. The fraction of sp³-hybridized carbons (Fsp3) is 0.0952. The van der Waals surface area contributed by atoms with Gasteiger partial charge in [0.05, 0.1) is 6.04 Å². The van der Waals surface area contributed by atoms with Crippen molar-refractivity contribution in [1.82, 2.24) is 4.90 Å². The molecule has 1 amide bonds. The maximum atomic E-state index is 13.2. The molecule has 0 saturated heterocycles. The molecule has 4 rings (SSSR count). The third kappa shape index (κ3) is 2.92. The van der Waals surface area contributed by atoms with E-state index < -0.39 is 0 Å². The summed E-state index contributed by atoms with van der Waals surface area (Å²) in [6.07, 6.45) is 0. The third-order valence-corrected chi connectivity index (χ3v) is 4.76. The van der Waals surface area contributed by atoms with Crippen LogP contribution >= 0.6 is 11.6 Å². The number of rotatable bonds is 3. The summed E-state index contributed by atoms with van der Waals surface area (Å²) >= 11 is 6.01. The van der Waals surface area contributed by atoms with Crippen LogP contribution in [0.4, 0.5) is 4.39 Å². The van der Waals surface area contributed by atoms with Crippen molar-refractivity contribution in [3.8, 4) is 0 Å². The lowest BCUT2D eigenvalue weighted by molar-refractivity contribution is 0.0736. The van der Waals surface area contributed by atoms with E-state index in [0.29, 0.717) is 17.1 Å². The largest absolute Gasteiger partial charge is 0.323 e. The Kier molecular flexibility index (Phi) is 4.02. The fourth-order valence-electron chi connectivity index (χ4n) is 3.32. The number of hydrogen-bond acceptors (Lipinski definition) is 1. The summed E-state index contributed by atoms with van der Waals surface area (Å²) in [4.78, 5) is 14.8. The molecule has 0 spiro atoms. The van der Waals surface area contributed by atoms with E-state index in [0.717, 1.165) is 16.7 Å². The predicted molar refractivity (Wildman–Crippen MR) is 96.0 cm³/mol. The number of carbonyl (C=O) groups is 1. The van der Waals surface area contributed by atoms with Crippen LogP contribution in [-0.4, -0.2) is 10.8 Å². The minimum Gasteiger partial charge on any atom is -0.323 e. The highest BCUT2D eigenvalue weighted by molar-refractivity contribution is 6.30. The Labute approximate surface area is 150 Å². The Hall–Kier alpha value is -2.65. The molecule has 1 unspecified atom stereocenters.